The van der Waals surface area contributed by atoms with Crippen molar-refractivity contribution in [2.75, 3.05) is 5.73 Å². The third-order valence-corrected chi connectivity index (χ3v) is 1.59. The molecule has 0 saturated carbocycles. The lowest BCUT2D eigenvalue weighted by atomic mass is 10.1. The molecule has 14 heavy (non-hydrogen) atoms. The van der Waals surface area contributed by atoms with Crippen LogP contribution in [0.4, 0.5) is 5.82 Å². The Morgan fingerprint density at radius 1 is 1.57 bits per heavy atom. The number of pyridine rings is 1. The van der Waals surface area contributed by atoms with E-state index in [-0.39, 0.29) is 0 Å². The lowest BCUT2D eigenvalue weighted by molar-refractivity contribution is 0.143. The summed E-state index contributed by atoms with van der Waals surface area (Å²) < 4.78 is 0. The number of aliphatic hydroxyl groups is 1. The fourth-order valence-electron chi connectivity index (χ4n) is 0.770. The second kappa shape index (κ2) is 3.87. The Balaban J connectivity index is 3.06. The molecule has 0 saturated heterocycles. The van der Waals surface area contributed by atoms with Crippen molar-refractivity contribution in [3.63, 3.8) is 0 Å². The molecule has 1 heterocycles. The maximum absolute atomic E-state index is 9.37. The van der Waals surface area contributed by atoms with Crippen molar-refractivity contribution in [2.45, 2.75) is 19.4 Å². The fraction of sp³-hybridized carbons (Fsp3) is 0.300. The van der Waals surface area contributed by atoms with Gasteiger partial charge >= 0.3 is 0 Å². The molecule has 1 aromatic rings. The fourth-order valence-corrected chi connectivity index (χ4v) is 0.928. The number of nitrogen functional groups attached to an aromatic ring is 1. The molecule has 0 radical (unpaired) electrons. The monoisotopic (exact) mass is 210 g/mol. The predicted molar refractivity (Wildman–Crippen MR) is 56.8 cm³/mol. The van der Waals surface area contributed by atoms with Gasteiger partial charge in [-0.25, -0.2) is 4.98 Å². The highest BCUT2D eigenvalue weighted by molar-refractivity contribution is 6.30. The highest BCUT2D eigenvalue weighted by Gasteiger charge is 2.06. The summed E-state index contributed by atoms with van der Waals surface area (Å²) in [6.45, 7) is 3.18. The van der Waals surface area contributed by atoms with Gasteiger partial charge < -0.3 is 10.8 Å². The van der Waals surface area contributed by atoms with Crippen molar-refractivity contribution >= 4 is 17.4 Å². The van der Waals surface area contributed by atoms with E-state index >= 15 is 0 Å². The molecule has 0 aliphatic heterocycles. The van der Waals surface area contributed by atoms with E-state index in [2.05, 4.69) is 16.8 Å². The van der Waals surface area contributed by atoms with E-state index in [1.807, 2.05) is 0 Å². The summed E-state index contributed by atoms with van der Waals surface area (Å²) in [5, 5.41) is 9.84. The Morgan fingerprint density at radius 3 is 2.79 bits per heavy atom. The predicted octanol–water partition coefficient (Wildman–Crippen LogP) is 1.44. The van der Waals surface area contributed by atoms with E-state index in [0.717, 1.165) is 0 Å². The summed E-state index contributed by atoms with van der Waals surface area (Å²) in [7, 11) is 0. The smallest absolute Gasteiger partial charge is 0.139 e. The van der Waals surface area contributed by atoms with Gasteiger partial charge in [-0.05, 0) is 19.9 Å². The first kappa shape index (κ1) is 10.8. The average molecular weight is 211 g/mol. The second-order valence-corrected chi connectivity index (χ2v) is 3.83. The molecule has 4 heteroatoms. The van der Waals surface area contributed by atoms with Crippen LogP contribution in [-0.4, -0.2) is 15.7 Å². The molecule has 0 aromatic carbocycles. The summed E-state index contributed by atoms with van der Waals surface area (Å²) in [5.41, 5.74) is 5.05. The van der Waals surface area contributed by atoms with Gasteiger partial charge in [0.25, 0.3) is 0 Å². The minimum atomic E-state index is -1.05. The number of aromatic nitrogens is 1. The van der Waals surface area contributed by atoms with Crippen LogP contribution in [0.1, 0.15) is 19.4 Å². The molecule has 0 aliphatic rings. The molecular weight excluding hydrogens is 200 g/mol. The van der Waals surface area contributed by atoms with Gasteiger partial charge in [-0.15, -0.1) is 0 Å². The zero-order valence-electron chi connectivity index (χ0n) is 8.00. The maximum Gasteiger partial charge on any atom is 0.139 e. The van der Waals surface area contributed by atoms with E-state index in [4.69, 9.17) is 17.3 Å². The summed E-state index contributed by atoms with van der Waals surface area (Å²) in [6.07, 6.45) is 1.45. The zero-order valence-corrected chi connectivity index (χ0v) is 8.76. The highest BCUT2D eigenvalue weighted by Crippen LogP contribution is 2.13. The van der Waals surface area contributed by atoms with Crippen LogP contribution in [0.2, 0.25) is 5.02 Å². The number of hydrogen-bond donors (Lipinski definition) is 2. The molecule has 0 fully saturated rings. The largest absolute Gasteiger partial charge is 0.383 e. The number of halogens is 1. The third kappa shape index (κ3) is 3.25. The number of nitrogens with two attached hydrogens (primary N) is 1. The van der Waals surface area contributed by atoms with Crippen LogP contribution < -0.4 is 5.73 Å². The Morgan fingerprint density at radius 2 is 2.21 bits per heavy atom. The van der Waals surface area contributed by atoms with Crippen LogP contribution >= 0.6 is 11.6 Å². The average Bonchev–Trinajstić information content (AvgIpc) is 2.05. The van der Waals surface area contributed by atoms with Gasteiger partial charge in [0.2, 0.25) is 0 Å². The second-order valence-electron chi connectivity index (χ2n) is 3.40. The van der Waals surface area contributed by atoms with E-state index in [9.17, 15) is 5.11 Å². The van der Waals surface area contributed by atoms with Gasteiger partial charge in [0, 0.05) is 6.20 Å². The molecule has 1 aromatic heterocycles. The molecular formula is C10H11ClN2O. The van der Waals surface area contributed by atoms with Gasteiger partial charge in [0.15, 0.2) is 0 Å². The quantitative estimate of drug-likeness (QED) is 0.637. The maximum atomic E-state index is 9.37. The Bertz CT molecular complexity index is 399. The van der Waals surface area contributed by atoms with Crippen molar-refractivity contribution < 1.29 is 5.11 Å². The molecule has 0 spiro atoms. The lowest BCUT2D eigenvalue weighted by Crippen LogP contribution is -2.14. The minimum absolute atomic E-state index is 0.311. The summed E-state index contributed by atoms with van der Waals surface area (Å²) >= 11 is 5.72. The van der Waals surface area contributed by atoms with Gasteiger partial charge in [-0.2, -0.15) is 0 Å². The summed E-state index contributed by atoms with van der Waals surface area (Å²) in [4.78, 5) is 3.84. The first-order valence-electron chi connectivity index (χ1n) is 4.05. The Labute approximate surface area is 87.9 Å². The summed E-state index contributed by atoms with van der Waals surface area (Å²) in [6, 6.07) is 1.61. The Hall–Kier alpha value is -1.24. The van der Waals surface area contributed by atoms with Crippen LogP contribution in [0.25, 0.3) is 0 Å². The van der Waals surface area contributed by atoms with E-state index in [1.54, 1.807) is 19.9 Å². The van der Waals surface area contributed by atoms with Crippen LogP contribution in [-0.2, 0) is 0 Å². The number of hydrogen-bond acceptors (Lipinski definition) is 3. The topological polar surface area (TPSA) is 59.1 Å². The first-order chi connectivity index (χ1) is 6.38. The highest BCUT2D eigenvalue weighted by atomic mass is 35.5. The van der Waals surface area contributed by atoms with Crippen molar-refractivity contribution in [3.05, 3.63) is 22.8 Å². The minimum Gasteiger partial charge on any atom is -0.383 e. The normalized spacial score (nSPS) is 10.6. The van der Waals surface area contributed by atoms with Crippen LogP contribution in [0.3, 0.4) is 0 Å². The first-order valence-corrected chi connectivity index (χ1v) is 4.43. The molecule has 74 valence electrons. The number of rotatable bonds is 0. The molecule has 0 atom stereocenters. The van der Waals surface area contributed by atoms with Gasteiger partial charge in [0.05, 0.1) is 10.6 Å². The molecule has 0 aliphatic carbocycles. The van der Waals surface area contributed by atoms with Crippen molar-refractivity contribution in [2.24, 2.45) is 0 Å². The van der Waals surface area contributed by atoms with Crippen molar-refractivity contribution in [1.29, 1.82) is 0 Å². The van der Waals surface area contributed by atoms with Crippen LogP contribution in [0, 0.1) is 11.8 Å². The SMILES string of the molecule is CC(C)(O)C#Cc1cc(Cl)cnc1N. The zero-order chi connectivity index (χ0) is 10.8. The van der Waals surface area contributed by atoms with E-state index in [0.29, 0.717) is 16.4 Å². The molecule has 0 amide bonds. The molecule has 3 N–H and O–H groups in total. The number of nitrogens with zero attached hydrogens (tertiary/aromatic N) is 1. The standard InChI is InChI=1S/C10H11ClN2O/c1-10(2,14)4-3-7-5-8(11)6-13-9(7)12/h5-6,14H,1-2H3,(H2,12,13). The van der Waals surface area contributed by atoms with Gasteiger partial charge in [0.1, 0.15) is 11.4 Å². The molecule has 3 nitrogen and oxygen atoms in total. The van der Waals surface area contributed by atoms with Gasteiger partial charge in [-0.1, -0.05) is 23.4 Å². The van der Waals surface area contributed by atoms with E-state index in [1.165, 1.54) is 6.20 Å². The lowest BCUT2D eigenvalue weighted by Gasteiger charge is -2.06. The van der Waals surface area contributed by atoms with Crippen LogP contribution in [0.5, 0.6) is 0 Å². The summed E-state index contributed by atoms with van der Waals surface area (Å²) in [5.74, 6) is 5.67. The van der Waals surface area contributed by atoms with E-state index < -0.39 is 5.60 Å². The molecule has 1 rings (SSSR count). The molecule has 0 unspecified atom stereocenters. The number of anilines is 1. The van der Waals surface area contributed by atoms with Crippen molar-refractivity contribution in [3.8, 4) is 11.8 Å². The Kier molecular flexibility index (Phi) is 3.00. The van der Waals surface area contributed by atoms with Crippen molar-refractivity contribution in [1.82, 2.24) is 4.98 Å². The van der Waals surface area contributed by atoms with Crippen LogP contribution in [0.15, 0.2) is 12.3 Å². The third-order valence-electron chi connectivity index (χ3n) is 1.39. The van der Waals surface area contributed by atoms with Gasteiger partial charge in [-0.3, -0.25) is 0 Å². The molecule has 0 bridgehead atoms.